The monoisotopic (exact) mass is 288 g/mol. The molecule has 2 heterocycles. The zero-order chi connectivity index (χ0) is 15.4. The second-order valence-corrected chi connectivity index (χ2v) is 4.59. The lowest BCUT2D eigenvalue weighted by atomic mass is 10.3. The van der Waals surface area contributed by atoms with Crippen molar-refractivity contribution in [3.8, 4) is 11.6 Å². The van der Waals surface area contributed by atoms with Crippen molar-refractivity contribution in [3.05, 3.63) is 29.7 Å². The smallest absolute Gasteiger partial charge is 0.230 e. The number of aryl methyl sites for hydroxylation is 2. The fraction of sp³-hybridized carbons (Fsp3) is 0.400. The number of aromatic nitrogens is 3. The van der Waals surface area contributed by atoms with E-state index in [0.717, 1.165) is 17.1 Å². The fourth-order valence-corrected chi connectivity index (χ4v) is 2.14. The Hall–Kier alpha value is -2.37. The van der Waals surface area contributed by atoms with Gasteiger partial charge in [-0.2, -0.15) is 0 Å². The molecular weight excluding hydrogens is 268 g/mol. The lowest BCUT2D eigenvalue weighted by Crippen LogP contribution is -2.20. The lowest BCUT2D eigenvalue weighted by molar-refractivity contribution is 0.382. The molecule has 0 N–H and O–H groups in total. The van der Waals surface area contributed by atoms with Gasteiger partial charge in [-0.25, -0.2) is 15.0 Å². The number of hydrogen-bond donors (Lipinski definition) is 0. The molecule has 0 atom stereocenters. The average molecular weight is 288 g/mol. The number of methoxy groups -OCH3 is 2. The third-order valence-electron chi connectivity index (χ3n) is 3.07. The molecule has 0 saturated carbocycles. The van der Waals surface area contributed by atoms with Crippen LogP contribution in [0, 0.1) is 13.8 Å². The van der Waals surface area contributed by atoms with Crippen LogP contribution in [0.15, 0.2) is 18.3 Å². The minimum absolute atomic E-state index is 0.507. The lowest BCUT2D eigenvalue weighted by Gasteiger charge is -2.23. The number of anilines is 2. The summed E-state index contributed by atoms with van der Waals surface area (Å²) in [5, 5.41) is 0. The minimum atomic E-state index is 0.507. The van der Waals surface area contributed by atoms with Crippen molar-refractivity contribution < 1.29 is 9.47 Å². The van der Waals surface area contributed by atoms with Gasteiger partial charge >= 0.3 is 0 Å². The van der Waals surface area contributed by atoms with Gasteiger partial charge in [0, 0.05) is 24.0 Å². The largest absolute Gasteiger partial charge is 0.494 e. The Labute approximate surface area is 124 Å². The van der Waals surface area contributed by atoms with Gasteiger partial charge in [-0.3, -0.25) is 0 Å². The van der Waals surface area contributed by atoms with Crippen LogP contribution in [0.25, 0.3) is 0 Å². The molecule has 0 aromatic carbocycles. The highest BCUT2D eigenvalue weighted by molar-refractivity contribution is 5.65. The van der Waals surface area contributed by atoms with Crippen LogP contribution in [0.1, 0.15) is 18.3 Å². The topological polar surface area (TPSA) is 60.4 Å². The summed E-state index contributed by atoms with van der Waals surface area (Å²) in [6, 6.07) is 3.70. The van der Waals surface area contributed by atoms with Crippen LogP contribution in [-0.4, -0.2) is 35.7 Å². The van der Waals surface area contributed by atoms with E-state index < -0.39 is 0 Å². The molecule has 2 aromatic rings. The van der Waals surface area contributed by atoms with E-state index in [2.05, 4.69) is 15.0 Å². The molecular formula is C15H20N4O2. The number of ether oxygens (including phenoxy) is 2. The van der Waals surface area contributed by atoms with Crippen molar-refractivity contribution in [2.75, 3.05) is 25.7 Å². The van der Waals surface area contributed by atoms with Crippen molar-refractivity contribution in [1.82, 2.24) is 15.0 Å². The second-order valence-electron chi connectivity index (χ2n) is 4.59. The first kappa shape index (κ1) is 15.0. The van der Waals surface area contributed by atoms with E-state index in [1.165, 1.54) is 0 Å². The summed E-state index contributed by atoms with van der Waals surface area (Å²) in [5.74, 6) is 1.82. The van der Waals surface area contributed by atoms with Crippen molar-refractivity contribution in [2.45, 2.75) is 20.8 Å². The van der Waals surface area contributed by atoms with Gasteiger partial charge in [0.05, 0.1) is 20.4 Å². The Morgan fingerprint density at radius 3 is 2.24 bits per heavy atom. The normalized spacial score (nSPS) is 10.3. The van der Waals surface area contributed by atoms with E-state index in [9.17, 15) is 0 Å². The Kier molecular flexibility index (Phi) is 4.57. The van der Waals surface area contributed by atoms with Gasteiger partial charge < -0.3 is 14.4 Å². The van der Waals surface area contributed by atoms with E-state index in [4.69, 9.17) is 9.47 Å². The van der Waals surface area contributed by atoms with E-state index in [0.29, 0.717) is 24.1 Å². The Bertz CT molecular complexity index is 611. The molecule has 0 aliphatic carbocycles. The molecule has 0 fully saturated rings. The average Bonchev–Trinajstić information content (AvgIpc) is 2.47. The standard InChI is InChI=1S/C15H20N4O2/c1-6-19(15-17-10(2)7-11(3)18-15)12-9-16-14(21-5)8-13(12)20-4/h7-9H,6H2,1-5H3. The van der Waals surface area contributed by atoms with Gasteiger partial charge in [0.2, 0.25) is 11.8 Å². The molecule has 6 nitrogen and oxygen atoms in total. The van der Waals surface area contributed by atoms with Crippen LogP contribution in [0.5, 0.6) is 11.6 Å². The SMILES string of the molecule is CCN(c1nc(C)cc(C)n1)c1cnc(OC)cc1OC. The Morgan fingerprint density at radius 1 is 1.05 bits per heavy atom. The third-order valence-corrected chi connectivity index (χ3v) is 3.07. The maximum absolute atomic E-state index is 5.44. The van der Waals surface area contributed by atoms with Crippen LogP contribution >= 0.6 is 0 Å². The van der Waals surface area contributed by atoms with Gasteiger partial charge in [-0.1, -0.05) is 0 Å². The first-order valence-corrected chi connectivity index (χ1v) is 6.76. The molecule has 0 bridgehead atoms. The second kappa shape index (κ2) is 6.39. The Morgan fingerprint density at radius 2 is 1.71 bits per heavy atom. The van der Waals surface area contributed by atoms with Gasteiger partial charge in [0.15, 0.2) is 0 Å². The summed E-state index contributed by atoms with van der Waals surface area (Å²) in [5.41, 5.74) is 2.67. The van der Waals surface area contributed by atoms with Crippen molar-refractivity contribution in [2.24, 2.45) is 0 Å². The van der Waals surface area contributed by atoms with E-state index in [1.807, 2.05) is 31.7 Å². The molecule has 0 saturated heterocycles. The molecule has 0 radical (unpaired) electrons. The number of nitrogens with zero attached hydrogens (tertiary/aromatic N) is 4. The van der Waals surface area contributed by atoms with E-state index >= 15 is 0 Å². The molecule has 0 amide bonds. The molecule has 0 unspecified atom stereocenters. The summed E-state index contributed by atoms with van der Waals surface area (Å²) >= 11 is 0. The fourth-order valence-electron chi connectivity index (χ4n) is 2.14. The zero-order valence-electron chi connectivity index (χ0n) is 13.0. The summed E-state index contributed by atoms with van der Waals surface area (Å²) in [4.78, 5) is 15.2. The number of rotatable bonds is 5. The van der Waals surface area contributed by atoms with E-state index in [-0.39, 0.29) is 0 Å². The highest BCUT2D eigenvalue weighted by atomic mass is 16.5. The molecule has 0 aliphatic rings. The number of hydrogen-bond acceptors (Lipinski definition) is 6. The molecule has 6 heteroatoms. The Balaban J connectivity index is 2.50. The molecule has 0 aliphatic heterocycles. The highest BCUT2D eigenvalue weighted by Gasteiger charge is 2.17. The predicted octanol–water partition coefficient (Wildman–Crippen LogP) is 2.66. The van der Waals surface area contributed by atoms with Crippen LogP contribution in [0.2, 0.25) is 0 Å². The van der Waals surface area contributed by atoms with Gasteiger partial charge in [0.25, 0.3) is 0 Å². The van der Waals surface area contributed by atoms with Crippen molar-refractivity contribution in [1.29, 1.82) is 0 Å². The molecule has 21 heavy (non-hydrogen) atoms. The zero-order valence-corrected chi connectivity index (χ0v) is 13.0. The molecule has 0 spiro atoms. The van der Waals surface area contributed by atoms with Crippen LogP contribution in [0.3, 0.4) is 0 Å². The van der Waals surface area contributed by atoms with Gasteiger partial charge in [-0.15, -0.1) is 0 Å². The van der Waals surface area contributed by atoms with E-state index in [1.54, 1.807) is 26.5 Å². The van der Waals surface area contributed by atoms with Crippen molar-refractivity contribution in [3.63, 3.8) is 0 Å². The summed E-state index contributed by atoms with van der Waals surface area (Å²) in [7, 11) is 3.19. The van der Waals surface area contributed by atoms with Crippen LogP contribution < -0.4 is 14.4 Å². The minimum Gasteiger partial charge on any atom is -0.494 e. The number of pyridine rings is 1. The van der Waals surface area contributed by atoms with Gasteiger partial charge in [0.1, 0.15) is 11.4 Å². The predicted molar refractivity (Wildman–Crippen MR) is 81.5 cm³/mol. The molecule has 2 rings (SSSR count). The molecule has 112 valence electrons. The maximum atomic E-state index is 5.44. The first-order chi connectivity index (χ1) is 10.1. The maximum Gasteiger partial charge on any atom is 0.230 e. The van der Waals surface area contributed by atoms with Crippen molar-refractivity contribution >= 4 is 11.6 Å². The molecule has 2 aromatic heterocycles. The highest BCUT2D eigenvalue weighted by Crippen LogP contribution is 2.33. The first-order valence-electron chi connectivity index (χ1n) is 6.76. The van der Waals surface area contributed by atoms with Gasteiger partial charge in [-0.05, 0) is 26.8 Å². The third kappa shape index (κ3) is 3.21. The van der Waals surface area contributed by atoms with Crippen LogP contribution in [-0.2, 0) is 0 Å². The quantitative estimate of drug-likeness (QED) is 0.843. The van der Waals surface area contributed by atoms with Crippen LogP contribution in [0.4, 0.5) is 11.6 Å². The summed E-state index contributed by atoms with van der Waals surface area (Å²) in [6.07, 6.45) is 1.71. The summed E-state index contributed by atoms with van der Waals surface area (Å²) < 4.78 is 10.6. The summed E-state index contributed by atoms with van der Waals surface area (Å²) in [6.45, 7) is 6.64.